The van der Waals surface area contributed by atoms with Crippen LogP contribution in [0.1, 0.15) is 23.3 Å². The molecule has 3 saturated heterocycles. The van der Waals surface area contributed by atoms with Gasteiger partial charge in [0.05, 0.1) is 0 Å². The van der Waals surface area contributed by atoms with E-state index in [4.69, 9.17) is 11.6 Å². The number of fused-ring (bicyclic) bond motifs is 3. The molecule has 3 aliphatic heterocycles. The SMILES string of the molecule is O=C(N[C@H]1CN2CCC1CC2)c1cccn1-c1cccc(Cl)c1. The highest BCUT2D eigenvalue weighted by molar-refractivity contribution is 6.30. The van der Waals surface area contributed by atoms with Crippen molar-refractivity contribution in [1.29, 1.82) is 0 Å². The molecule has 5 heteroatoms. The molecule has 5 rings (SSSR count). The van der Waals surface area contributed by atoms with Gasteiger partial charge in [0, 0.05) is 29.5 Å². The van der Waals surface area contributed by atoms with E-state index in [1.807, 2.05) is 47.2 Å². The Bertz CT molecular complexity index is 719. The van der Waals surface area contributed by atoms with Gasteiger partial charge in [-0.15, -0.1) is 0 Å². The van der Waals surface area contributed by atoms with E-state index < -0.39 is 0 Å². The van der Waals surface area contributed by atoms with Crippen molar-refractivity contribution in [3.05, 3.63) is 53.3 Å². The first-order chi connectivity index (χ1) is 11.2. The Morgan fingerprint density at radius 3 is 2.70 bits per heavy atom. The number of carbonyl (C=O) groups is 1. The third kappa shape index (κ3) is 2.89. The van der Waals surface area contributed by atoms with Crippen LogP contribution in [0.2, 0.25) is 5.02 Å². The van der Waals surface area contributed by atoms with Crippen molar-refractivity contribution in [2.24, 2.45) is 5.92 Å². The van der Waals surface area contributed by atoms with Crippen molar-refractivity contribution in [3.8, 4) is 5.69 Å². The van der Waals surface area contributed by atoms with Gasteiger partial charge in [0.1, 0.15) is 5.69 Å². The van der Waals surface area contributed by atoms with Gasteiger partial charge < -0.3 is 14.8 Å². The second kappa shape index (κ2) is 6.02. The number of aromatic nitrogens is 1. The maximum atomic E-state index is 12.7. The summed E-state index contributed by atoms with van der Waals surface area (Å²) in [6, 6.07) is 11.6. The van der Waals surface area contributed by atoms with Crippen molar-refractivity contribution in [1.82, 2.24) is 14.8 Å². The molecule has 3 fully saturated rings. The summed E-state index contributed by atoms with van der Waals surface area (Å²) >= 11 is 6.07. The van der Waals surface area contributed by atoms with Crippen molar-refractivity contribution in [2.45, 2.75) is 18.9 Å². The fourth-order valence-corrected chi connectivity index (χ4v) is 3.97. The van der Waals surface area contributed by atoms with Gasteiger partial charge in [-0.25, -0.2) is 0 Å². The van der Waals surface area contributed by atoms with Crippen LogP contribution in [0.25, 0.3) is 5.69 Å². The van der Waals surface area contributed by atoms with Crippen molar-refractivity contribution in [2.75, 3.05) is 19.6 Å². The summed E-state index contributed by atoms with van der Waals surface area (Å²) in [5, 5.41) is 3.91. The number of hydrogen-bond acceptors (Lipinski definition) is 2. The third-order valence-corrected chi connectivity index (χ3v) is 5.28. The van der Waals surface area contributed by atoms with Crippen LogP contribution < -0.4 is 5.32 Å². The summed E-state index contributed by atoms with van der Waals surface area (Å²) < 4.78 is 1.89. The second-order valence-corrected chi connectivity index (χ2v) is 6.90. The Morgan fingerprint density at radius 1 is 1.17 bits per heavy atom. The minimum absolute atomic E-state index is 0.00581. The van der Waals surface area contributed by atoms with E-state index in [0.717, 1.165) is 12.2 Å². The summed E-state index contributed by atoms with van der Waals surface area (Å²) in [5.41, 5.74) is 1.56. The fraction of sp³-hybridized carbons (Fsp3) is 0.389. The molecule has 2 aromatic rings. The lowest BCUT2D eigenvalue weighted by Gasteiger charge is -2.44. The molecule has 0 saturated carbocycles. The molecule has 0 unspecified atom stereocenters. The van der Waals surface area contributed by atoms with E-state index in [2.05, 4.69) is 10.2 Å². The molecule has 23 heavy (non-hydrogen) atoms. The van der Waals surface area contributed by atoms with E-state index >= 15 is 0 Å². The first-order valence-corrected chi connectivity index (χ1v) is 8.55. The largest absolute Gasteiger partial charge is 0.346 e. The van der Waals surface area contributed by atoms with Gasteiger partial charge in [-0.3, -0.25) is 4.79 Å². The van der Waals surface area contributed by atoms with E-state index in [1.54, 1.807) is 0 Å². The highest BCUT2D eigenvalue weighted by atomic mass is 35.5. The standard InChI is InChI=1S/C18H20ClN3O/c19-14-3-1-4-15(11-14)22-8-2-5-17(22)18(23)20-16-12-21-9-6-13(16)7-10-21/h1-5,8,11,13,16H,6-7,9-10,12H2,(H,20,23)/t16-/m0/s1. The summed E-state index contributed by atoms with van der Waals surface area (Å²) in [6.45, 7) is 3.33. The van der Waals surface area contributed by atoms with Gasteiger partial charge in [-0.05, 0) is 62.2 Å². The highest BCUT2D eigenvalue weighted by Gasteiger charge is 2.35. The van der Waals surface area contributed by atoms with Crippen LogP contribution in [0.3, 0.4) is 0 Å². The number of amides is 1. The van der Waals surface area contributed by atoms with Gasteiger partial charge in [-0.2, -0.15) is 0 Å². The topological polar surface area (TPSA) is 37.3 Å². The minimum atomic E-state index is -0.00581. The predicted octanol–water partition coefficient (Wildman–Crippen LogP) is 2.95. The number of carbonyl (C=O) groups excluding carboxylic acids is 1. The summed E-state index contributed by atoms with van der Waals surface area (Å²) in [7, 11) is 0. The molecular weight excluding hydrogens is 310 g/mol. The summed E-state index contributed by atoms with van der Waals surface area (Å²) in [5.74, 6) is 0.618. The molecule has 4 heterocycles. The number of halogens is 1. The van der Waals surface area contributed by atoms with Crippen LogP contribution in [0, 0.1) is 5.92 Å². The smallest absolute Gasteiger partial charge is 0.268 e. The highest BCUT2D eigenvalue weighted by Crippen LogP contribution is 2.27. The molecule has 0 aliphatic carbocycles. The lowest BCUT2D eigenvalue weighted by atomic mass is 9.84. The first kappa shape index (κ1) is 14.8. The summed E-state index contributed by atoms with van der Waals surface area (Å²) in [4.78, 5) is 15.2. The number of rotatable bonds is 3. The molecule has 1 N–H and O–H groups in total. The number of hydrogen-bond donors (Lipinski definition) is 1. The third-order valence-electron chi connectivity index (χ3n) is 5.04. The minimum Gasteiger partial charge on any atom is -0.346 e. The molecule has 1 amide bonds. The molecular formula is C18H20ClN3O. The summed E-state index contributed by atoms with van der Waals surface area (Å²) in [6.07, 6.45) is 4.29. The van der Waals surface area contributed by atoms with E-state index in [-0.39, 0.29) is 11.9 Å². The molecule has 120 valence electrons. The molecule has 1 aromatic heterocycles. The van der Waals surface area contributed by atoms with Crippen LogP contribution in [0.15, 0.2) is 42.6 Å². The molecule has 0 spiro atoms. The Hall–Kier alpha value is -1.78. The van der Waals surface area contributed by atoms with Crippen LogP contribution in [0.5, 0.6) is 0 Å². The van der Waals surface area contributed by atoms with Crippen LogP contribution >= 0.6 is 11.6 Å². The quantitative estimate of drug-likeness (QED) is 0.940. The molecule has 1 atom stereocenters. The van der Waals surface area contributed by atoms with Gasteiger partial charge in [0.25, 0.3) is 5.91 Å². The fourth-order valence-electron chi connectivity index (χ4n) is 3.79. The lowest BCUT2D eigenvalue weighted by Crippen LogP contribution is -2.57. The van der Waals surface area contributed by atoms with E-state index in [0.29, 0.717) is 16.6 Å². The molecule has 3 aliphatic rings. The van der Waals surface area contributed by atoms with Gasteiger partial charge in [0.15, 0.2) is 0 Å². The predicted molar refractivity (Wildman–Crippen MR) is 91.2 cm³/mol. The first-order valence-electron chi connectivity index (χ1n) is 8.17. The van der Waals surface area contributed by atoms with Crippen molar-refractivity contribution in [3.63, 3.8) is 0 Å². The number of benzene rings is 1. The average molecular weight is 330 g/mol. The number of nitrogens with zero attached hydrogens (tertiary/aromatic N) is 2. The Kier molecular flexibility index (Phi) is 3.87. The molecule has 2 bridgehead atoms. The van der Waals surface area contributed by atoms with Crippen LogP contribution in [-0.2, 0) is 0 Å². The molecule has 0 radical (unpaired) electrons. The number of nitrogens with one attached hydrogen (secondary N) is 1. The zero-order chi connectivity index (χ0) is 15.8. The Morgan fingerprint density at radius 2 is 2.00 bits per heavy atom. The normalized spacial score (nSPS) is 26.2. The zero-order valence-electron chi connectivity index (χ0n) is 12.9. The second-order valence-electron chi connectivity index (χ2n) is 6.46. The Balaban J connectivity index is 1.54. The molecule has 1 aromatic carbocycles. The Labute approximate surface area is 141 Å². The van der Waals surface area contributed by atoms with Crippen LogP contribution in [0.4, 0.5) is 0 Å². The van der Waals surface area contributed by atoms with E-state index in [9.17, 15) is 4.79 Å². The molecule has 4 nitrogen and oxygen atoms in total. The van der Waals surface area contributed by atoms with Gasteiger partial charge in [-0.1, -0.05) is 17.7 Å². The van der Waals surface area contributed by atoms with Gasteiger partial charge >= 0.3 is 0 Å². The maximum absolute atomic E-state index is 12.7. The lowest BCUT2D eigenvalue weighted by molar-refractivity contribution is 0.0617. The maximum Gasteiger partial charge on any atom is 0.268 e. The van der Waals surface area contributed by atoms with E-state index in [1.165, 1.54) is 25.9 Å². The monoisotopic (exact) mass is 329 g/mol. The van der Waals surface area contributed by atoms with Gasteiger partial charge in [0.2, 0.25) is 0 Å². The van der Waals surface area contributed by atoms with Crippen LogP contribution in [-0.4, -0.2) is 41.1 Å². The van der Waals surface area contributed by atoms with Crippen molar-refractivity contribution >= 4 is 17.5 Å². The number of piperidine rings is 3. The zero-order valence-corrected chi connectivity index (χ0v) is 13.7. The van der Waals surface area contributed by atoms with Crippen molar-refractivity contribution < 1.29 is 4.79 Å². The average Bonchev–Trinajstić information content (AvgIpc) is 3.06.